The number of carbonyl (C=O) groups is 1. The van der Waals surface area contributed by atoms with Crippen LogP contribution in [0, 0.1) is 0 Å². The van der Waals surface area contributed by atoms with E-state index in [1.54, 1.807) is 0 Å². The van der Waals surface area contributed by atoms with Crippen LogP contribution in [0.5, 0.6) is 0 Å². The zero-order chi connectivity index (χ0) is 7.56. The van der Waals surface area contributed by atoms with Crippen LogP contribution in [0.1, 0.15) is 12.8 Å². The molecule has 4 heteroatoms. The second kappa shape index (κ2) is 2.88. The molecule has 1 aliphatic heterocycles. The summed E-state index contributed by atoms with van der Waals surface area (Å²) in [5, 5.41) is 17.2. The average Bonchev–Trinajstić information content (AvgIpc) is 2.33. The largest absolute Gasteiger partial charge is 0.465 e. The number of amides is 1. The minimum Gasteiger partial charge on any atom is -0.465 e. The second-order valence-electron chi connectivity index (χ2n) is 2.45. The molecule has 4 nitrogen and oxygen atoms in total. The van der Waals surface area contributed by atoms with Crippen molar-refractivity contribution in [2.24, 2.45) is 0 Å². The Bertz CT molecular complexity index is 137. The fourth-order valence-corrected chi connectivity index (χ4v) is 1.28. The fourth-order valence-electron chi connectivity index (χ4n) is 1.28. The van der Waals surface area contributed by atoms with Crippen LogP contribution in [0.15, 0.2) is 0 Å². The van der Waals surface area contributed by atoms with Gasteiger partial charge in [-0.1, -0.05) is 0 Å². The predicted octanol–water partition coefficient (Wildman–Crippen LogP) is 0.121. The standard InChI is InChI=1S/C6H11NO3/c8-4-5-2-1-3-7(5)6(9)10/h5,8H,1-4H2,(H,9,10)/t5-/m0/s1. The summed E-state index contributed by atoms with van der Waals surface area (Å²) in [5.41, 5.74) is 0. The van der Waals surface area contributed by atoms with Crippen molar-refractivity contribution < 1.29 is 15.0 Å². The fraction of sp³-hybridized carbons (Fsp3) is 0.833. The molecular weight excluding hydrogens is 134 g/mol. The molecule has 1 rings (SSSR count). The predicted molar refractivity (Wildman–Crippen MR) is 34.8 cm³/mol. The topological polar surface area (TPSA) is 60.8 Å². The lowest BCUT2D eigenvalue weighted by molar-refractivity contribution is 0.118. The monoisotopic (exact) mass is 145 g/mol. The quantitative estimate of drug-likeness (QED) is 0.551. The van der Waals surface area contributed by atoms with E-state index in [0.29, 0.717) is 6.54 Å². The van der Waals surface area contributed by atoms with Crippen LogP contribution in [0.2, 0.25) is 0 Å². The van der Waals surface area contributed by atoms with Crippen molar-refractivity contribution in [1.29, 1.82) is 0 Å². The van der Waals surface area contributed by atoms with Crippen molar-refractivity contribution in [3.63, 3.8) is 0 Å². The zero-order valence-electron chi connectivity index (χ0n) is 5.66. The smallest absolute Gasteiger partial charge is 0.407 e. The van der Waals surface area contributed by atoms with Crippen molar-refractivity contribution in [2.45, 2.75) is 18.9 Å². The average molecular weight is 145 g/mol. The Morgan fingerprint density at radius 2 is 2.40 bits per heavy atom. The molecule has 0 aromatic rings. The maximum atomic E-state index is 10.4. The van der Waals surface area contributed by atoms with Crippen LogP contribution in [0.4, 0.5) is 4.79 Å². The van der Waals surface area contributed by atoms with Crippen molar-refractivity contribution in [3.8, 4) is 0 Å². The number of rotatable bonds is 1. The van der Waals surface area contributed by atoms with E-state index in [4.69, 9.17) is 10.2 Å². The van der Waals surface area contributed by atoms with E-state index in [9.17, 15) is 4.79 Å². The van der Waals surface area contributed by atoms with Gasteiger partial charge in [-0.05, 0) is 12.8 Å². The van der Waals surface area contributed by atoms with E-state index >= 15 is 0 Å². The zero-order valence-corrected chi connectivity index (χ0v) is 5.66. The SMILES string of the molecule is O=C(O)N1CCC[C@H]1CO. The molecule has 1 aliphatic rings. The third-order valence-corrected chi connectivity index (χ3v) is 1.83. The summed E-state index contributed by atoms with van der Waals surface area (Å²) in [6, 6.07) is -0.155. The molecule has 1 saturated heterocycles. The summed E-state index contributed by atoms with van der Waals surface area (Å²) >= 11 is 0. The Balaban J connectivity index is 2.50. The van der Waals surface area contributed by atoms with E-state index in [1.165, 1.54) is 4.90 Å². The van der Waals surface area contributed by atoms with Crippen LogP contribution in [-0.4, -0.2) is 40.4 Å². The van der Waals surface area contributed by atoms with Gasteiger partial charge >= 0.3 is 6.09 Å². The number of hydrogen-bond donors (Lipinski definition) is 2. The van der Waals surface area contributed by atoms with E-state index < -0.39 is 6.09 Å². The Kier molecular flexibility index (Phi) is 2.11. The van der Waals surface area contributed by atoms with Crippen molar-refractivity contribution in [1.82, 2.24) is 4.90 Å². The van der Waals surface area contributed by atoms with E-state index in [0.717, 1.165) is 12.8 Å². The van der Waals surface area contributed by atoms with Crippen LogP contribution in [0.3, 0.4) is 0 Å². The van der Waals surface area contributed by atoms with Crippen molar-refractivity contribution in [3.05, 3.63) is 0 Å². The molecule has 2 N–H and O–H groups in total. The lowest BCUT2D eigenvalue weighted by Crippen LogP contribution is -2.36. The molecule has 1 fully saturated rings. The summed E-state index contributed by atoms with van der Waals surface area (Å²) in [4.78, 5) is 11.7. The highest BCUT2D eigenvalue weighted by Gasteiger charge is 2.27. The Morgan fingerprint density at radius 1 is 1.70 bits per heavy atom. The summed E-state index contributed by atoms with van der Waals surface area (Å²) in [6.07, 6.45) is 0.747. The highest BCUT2D eigenvalue weighted by atomic mass is 16.4. The number of aliphatic hydroxyl groups excluding tert-OH is 1. The molecule has 10 heavy (non-hydrogen) atoms. The molecule has 0 bridgehead atoms. The van der Waals surface area contributed by atoms with E-state index in [-0.39, 0.29) is 12.6 Å². The molecule has 0 aromatic heterocycles. The second-order valence-corrected chi connectivity index (χ2v) is 2.45. The molecule has 0 aliphatic carbocycles. The Hall–Kier alpha value is -0.770. The summed E-state index contributed by atoms with van der Waals surface area (Å²) < 4.78 is 0. The lowest BCUT2D eigenvalue weighted by Gasteiger charge is -2.18. The van der Waals surface area contributed by atoms with Crippen LogP contribution < -0.4 is 0 Å². The van der Waals surface area contributed by atoms with Gasteiger partial charge in [-0.15, -0.1) is 0 Å². The molecular formula is C6H11NO3. The Morgan fingerprint density at radius 3 is 2.80 bits per heavy atom. The first-order valence-electron chi connectivity index (χ1n) is 3.36. The van der Waals surface area contributed by atoms with Gasteiger partial charge in [-0.3, -0.25) is 0 Å². The first kappa shape index (κ1) is 7.34. The molecule has 1 heterocycles. The Labute approximate surface area is 59.1 Å². The van der Waals surface area contributed by atoms with E-state index in [2.05, 4.69) is 0 Å². The van der Waals surface area contributed by atoms with Gasteiger partial charge in [0.1, 0.15) is 0 Å². The molecule has 1 amide bonds. The van der Waals surface area contributed by atoms with Crippen LogP contribution in [0.25, 0.3) is 0 Å². The van der Waals surface area contributed by atoms with Gasteiger partial charge in [-0.25, -0.2) is 4.79 Å². The van der Waals surface area contributed by atoms with Gasteiger partial charge in [0.05, 0.1) is 12.6 Å². The molecule has 58 valence electrons. The molecule has 0 spiro atoms. The number of likely N-dealkylation sites (tertiary alicyclic amines) is 1. The first-order valence-corrected chi connectivity index (χ1v) is 3.36. The third kappa shape index (κ3) is 1.21. The number of aliphatic hydroxyl groups is 1. The lowest BCUT2D eigenvalue weighted by atomic mass is 10.2. The molecule has 1 atom stereocenters. The van der Waals surface area contributed by atoms with Gasteiger partial charge < -0.3 is 15.1 Å². The van der Waals surface area contributed by atoms with Gasteiger partial charge in [0.2, 0.25) is 0 Å². The van der Waals surface area contributed by atoms with Gasteiger partial charge in [0.25, 0.3) is 0 Å². The number of hydrogen-bond acceptors (Lipinski definition) is 2. The van der Waals surface area contributed by atoms with Gasteiger partial charge in [0.15, 0.2) is 0 Å². The summed E-state index contributed by atoms with van der Waals surface area (Å²) in [7, 11) is 0. The molecule has 0 aromatic carbocycles. The minimum atomic E-state index is -0.920. The number of carboxylic acid groups (broad SMARTS) is 1. The normalized spacial score (nSPS) is 25.3. The first-order chi connectivity index (χ1) is 4.75. The molecule has 0 saturated carbocycles. The van der Waals surface area contributed by atoms with Crippen LogP contribution in [-0.2, 0) is 0 Å². The molecule has 0 unspecified atom stereocenters. The van der Waals surface area contributed by atoms with Gasteiger partial charge in [-0.2, -0.15) is 0 Å². The van der Waals surface area contributed by atoms with Crippen LogP contribution >= 0.6 is 0 Å². The summed E-state index contributed by atoms with van der Waals surface area (Å²) in [6.45, 7) is 0.521. The molecule has 0 radical (unpaired) electrons. The maximum Gasteiger partial charge on any atom is 0.407 e. The number of nitrogens with zero attached hydrogens (tertiary/aromatic N) is 1. The highest BCUT2D eigenvalue weighted by Crippen LogP contribution is 2.15. The highest BCUT2D eigenvalue weighted by molar-refractivity contribution is 5.65. The van der Waals surface area contributed by atoms with Gasteiger partial charge in [0, 0.05) is 6.54 Å². The van der Waals surface area contributed by atoms with Crippen molar-refractivity contribution >= 4 is 6.09 Å². The summed E-state index contributed by atoms with van der Waals surface area (Å²) in [5.74, 6) is 0. The van der Waals surface area contributed by atoms with Crippen molar-refractivity contribution in [2.75, 3.05) is 13.2 Å². The maximum absolute atomic E-state index is 10.4. The van der Waals surface area contributed by atoms with E-state index in [1.807, 2.05) is 0 Å². The third-order valence-electron chi connectivity index (χ3n) is 1.83. The minimum absolute atomic E-state index is 0.0493.